The number of nitrogens with one attached hydrogen (secondary N) is 2. The molecule has 196 valence electrons. The van der Waals surface area contributed by atoms with Gasteiger partial charge in [0.05, 0.1) is 17.2 Å². The minimum absolute atomic E-state index is 0.281. The summed E-state index contributed by atoms with van der Waals surface area (Å²) in [5.41, 5.74) is 2.62. The van der Waals surface area contributed by atoms with Crippen molar-refractivity contribution in [3.8, 4) is 11.5 Å². The average molecular weight is 619 g/mol. The Hall–Kier alpha value is -3.34. The normalized spacial score (nSPS) is 15.0. The number of benzene rings is 3. The third-order valence-electron chi connectivity index (χ3n) is 5.25. The zero-order valence-electron chi connectivity index (χ0n) is 20.3. The van der Waals surface area contributed by atoms with Crippen LogP contribution in [0.3, 0.4) is 0 Å². The predicted molar refractivity (Wildman–Crippen MR) is 153 cm³/mol. The smallest absolute Gasteiger partial charge is 0.264 e. The van der Waals surface area contributed by atoms with Crippen molar-refractivity contribution in [1.29, 1.82) is 0 Å². The molecule has 3 aromatic carbocycles. The highest BCUT2D eigenvalue weighted by molar-refractivity contribution is 9.10. The highest BCUT2D eigenvalue weighted by atomic mass is 79.9. The van der Waals surface area contributed by atoms with E-state index in [1.54, 1.807) is 30.3 Å². The van der Waals surface area contributed by atoms with E-state index in [1.807, 2.05) is 19.9 Å². The van der Waals surface area contributed by atoms with Gasteiger partial charge in [-0.05, 0) is 91.3 Å². The molecule has 0 bridgehead atoms. The van der Waals surface area contributed by atoms with Crippen molar-refractivity contribution in [3.05, 3.63) is 85.9 Å². The van der Waals surface area contributed by atoms with Gasteiger partial charge in [0, 0.05) is 15.2 Å². The van der Waals surface area contributed by atoms with Gasteiger partial charge in [-0.25, -0.2) is 9.38 Å². The van der Waals surface area contributed by atoms with Crippen molar-refractivity contribution >= 4 is 73.7 Å². The van der Waals surface area contributed by atoms with Crippen LogP contribution in [0.15, 0.2) is 69.0 Å². The summed E-state index contributed by atoms with van der Waals surface area (Å²) >= 11 is 10.9. The van der Waals surface area contributed by atoms with E-state index in [0.717, 1.165) is 5.56 Å². The molecule has 3 aromatic rings. The molecule has 2 amide bonds. The van der Waals surface area contributed by atoms with Crippen molar-refractivity contribution < 1.29 is 23.5 Å². The Morgan fingerprint density at radius 3 is 2.66 bits per heavy atom. The molecule has 0 aliphatic carbocycles. The quantitative estimate of drug-likeness (QED) is 0.269. The second-order valence-electron chi connectivity index (χ2n) is 7.96. The molecule has 2 N–H and O–H groups in total. The van der Waals surface area contributed by atoms with Crippen molar-refractivity contribution in [2.45, 2.75) is 13.8 Å². The summed E-state index contributed by atoms with van der Waals surface area (Å²) in [5, 5.41) is 6.45. The molecular weight excluding hydrogens is 597 g/mol. The average Bonchev–Trinajstić information content (AvgIpc) is 3.22. The van der Waals surface area contributed by atoms with Gasteiger partial charge in [0.25, 0.3) is 11.8 Å². The molecule has 1 fully saturated rings. The van der Waals surface area contributed by atoms with Crippen LogP contribution in [-0.2, 0) is 9.59 Å². The topological polar surface area (TPSA) is 89.0 Å². The minimum Gasteiger partial charge on any atom is -0.490 e. The number of thioether (sulfide) groups is 1. The number of hydrogen-bond acceptors (Lipinski definition) is 6. The molecular formula is C27H22BrClFN3O4S. The fourth-order valence-corrected chi connectivity index (χ4v) is 4.80. The summed E-state index contributed by atoms with van der Waals surface area (Å²) in [6, 6.07) is 14.2. The van der Waals surface area contributed by atoms with Crippen molar-refractivity contribution in [1.82, 2.24) is 5.32 Å². The molecule has 1 saturated heterocycles. The maximum atomic E-state index is 13.1. The molecule has 0 radical (unpaired) electrons. The first-order valence-corrected chi connectivity index (χ1v) is 13.4. The van der Waals surface area contributed by atoms with Gasteiger partial charge in [-0.2, -0.15) is 0 Å². The van der Waals surface area contributed by atoms with Gasteiger partial charge in [0.15, 0.2) is 23.3 Å². The van der Waals surface area contributed by atoms with Crippen molar-refractivity contribution in [3.63, 3.8) is 0 Å². The first-order chi connectivity index (χ1) is 18.2. The molecule has 7 nitrogen and oxygen atoms in total. The van der Waals surface area contributed by atoms with E-state index < -0.39 is 11.7 Å². The second-order valence-corrected chi connectivity index (χ2v) is 10.3. The van der Waals surface area contributed by atoms with Gasteiger partial charge in [-0.1, -0.05) is 33.6 Å². The third kappa shape index (κ3) is 6.94. The standard InChI is InChI=1S/C27H22BrClFN3O4S/c1-3-36-22-11-16(12-24-26(35)33-27(38-24)32-21-6-4-5-20(29)15(21)2)19(28)13-23(22)37-14-25(34)31-18-9-7-17(30)8-10-18/h4-13H,3,14H2,1-2H3,(H,31,34)(H,32,33,35)/b24-12+. The third-order valence-corrected chi connectivity index (χ3v) is 7.25. The van der Waals surface area contributed by atoms with Gasteiger partial charge in [-0.3, -0.25) is 9.59 Å². The lowest BCUT2D eigenvalue weighted by Gasteiger charge is -2.14. The highest BCUT2D eigenvalue weighted by Gasteiger charge is 2.25. The molecule has 38 heavy (non-hydrogen) atoms. The van der Waals surface area contributed by atoms with E-state index in [9.17, 15) is 14.0 Å². The second kappa shape index (κ2) is 12.5. The molecule has 0 aromatic heterocycles. The monoisotopic (exact) mass is 617 g/mol. The maximum Gasteiger partial charge on any atom is 0.264 e. The summed E-state index contributed by atoms with van der Waals surface area (Å²) in [5.74, 6) is -0.340. The van der Waals surface area contributed by atoms with Crippen LogP contribution in [0.4, 0.5) is 15.8 Å². The Kier molecular flexibility index (Phi) is 9.09. The number of amidine groups is 1. The minimum atomic E-state index is -0.415. The number of hydrogen-bond donors (Lipinski definition) is 2. The van der Waals surface area contributed by atoms with Gasteiger partial charge in [0.2, 0.25) is 0 Å². The van der Waals surface area contributed by atoms with Gasteiger partial charge in [0.1, 0.15) is 5.82 Å². The van der Waals surface area contributed by atoms with Crippen LogP contribution >= 0.6 is 39.3 Å². The van der Waals surface area contributed by atoms with Crippen LogP contribution in [-0.4, -0.2) is 30.2 Å². The van der Waals surface area contributed by atoms with Gasteiger partial charge in [-0.15, -0.1) is 0 Å². The Morgan fingerprint density at radius 2 is 1.92 bits per heavy atom. The van der Waals surface area contributed by atoms with Crippen LogP contribution in [0.25, 0.3) is 6.08 Å². The molecule has 0 atom stereocenters. The predicted octanol–water partition coefficient (Wildman–Crippen LogP) is 6.86. The summed E-state index contributed by atoms with van der Waals surface area (Å²) in [7, 11) is 0. The first-order valence-electron chi connectivity index (χ1n) is 11.4. The largest absolute Gasteiger partial charge is 0.490 e. The fourth-order valence-electron chi connectivity index (χ4n) is 3.36. The number of rotatable bonds is 8. The number of carbonyl (C=O) groups excluding carboxylic acids is 2. The summed E-state index contributed by atoms with van der Waals surface area (Å²) in [6.45, 7) is 3.76. The number of anilines is 1. The summed E-state index contributed by atoms with van der Waals surface area (Å²) < 4.78 is 25.1. The summed E-state index contributed by atoms with van der Waals surface area (Å²) in [4.78, 5) is 29.9. The molecule has 0 spiro atoms. The SMILES string of the molecule is CCOc1cc(/C=C2/SC(=Nc3cccc(Cl)c3C)NC2=O)c(Br)cc1OCC(=O)Nc1ccc(F)cc1. The number of nitrogens with zero attached hydrogens (tertiary/aromatic N) is 1. The molecule has 0 saturated carbocycles. The molecule has 1 aliphatic heterocycles. The Balaban J connectivity index is 1.50. The molecule has 11 heteroatoms. The Labute approximate surface area is 236 Å². The van der Waals surface area contributed by atoms with Crippen LogP contribution in [0.5, 0.6) is 11.5 Å². The van der Waals surface area contributed by atoms with Crippen LogP contribution < -0.4 is 20.1 Å². The van der Waals surface area contributed by atoms with Gasteiger partial charge < -0.3 is 20.1 Å². The van der Waals surface area contributed by atoms with E-state index >= 15 is 0 Å². The Bertz CT molecular complexity index is 1450. The number of carbonyl (C=O) groups is 2. The van der Waals surface area contributed by atoms with E-state index in [1.165, 1.54) is 36.0 Å². The fraction of sp³-hybridized carbons (Fsp3) is 0.148. The molecule has 4 rings (SSSR count). The lowest BCUT2D eigenvalue weighted by Crippen LogP contribution is -2.20. The van der Waals surface area contributed by atoms with Gasteiger partial charge >= 0.3 is 0 Å². The highest BCUT2D eigenvalue weighted by Crippen LogP contribution is 2.37. The van der Waals surface area contributed by atoms with Crippen molar-refractivity contribution in [2.24, 2.45) is 4.99 Å². The lowest BCUT2D eigenvalue weighted by molar-refractivity contribution is -0.118. The van der Waals surface area contributed by atoms with Crippen molar-refractivity contribution in [2.75, 3.05) is 18.5 Å². The zero-order chi connectivity index (χ0) is 27.2. The van der Waals surface area contributed by atoms with Crippen LogP contribution in [0, 0.1) is 12.7 Å². The first kappa shape index (κ1) is 27.7. The van der Waals surface area contributed by atoms with E-state index in [4.69, 9.17) is 21.1 Å². The lowest BCUT2D eigenvalue weighted by atomic mass is 10.2. The molecule has 0 unspecified atom stereocenters. The summed E-state index contributed by atoms with van der Waals surface area (Å²) in [6.07, 6.45) is 1.71. The molecule has 1 heterocycles. The Morgan fingerprint density at radius 1 is 1.18 bits per heavy atom. The number of halogens is 3. The van der Waals surface area contributed by atoms with E-state index in [2.05, 4.69) is 31.6 Å². The zero-order valence-corrected chi connectivity index (χ0v) is 23.5. The van der Waals surface area contributed by atoms with Crippen LogP contribution in [0.2, 0.25) is 5.02 Å². The maximum absolute atomic E-state index is 13.1. The van der Waals surface area contributed by atoms with E-state index in [0.29, 0.717) is 54.6 Å². The molecule has 1 aliphatic rings. The number of aliphatic imine (C=N–C) groups is 1. The number of ether oxygens (including phenoxy) is 2. The number of amides is 2. The van der Waals surface area contributed by atoms with E-state index in [-0.39, 0.29) is 12.5 Å². The van der Waals surface area contributed by atoms with Crippen LogP contribution in [0.1, 0.15) is 18.1 Å².